The average Bonchev–Trinajstić information content (AvgIpc) is 3.38. The van der Waals surface area contributed by atoms with Crippen LogP contribution in [0.15, 0.2) is 49.2 Å². The molecule has 0 aliphatic heterocycles. The van der Waals surface area contributed by atoms with Gasteiger partial charge >= 0.3 is 0 Å². The number of hydrogen-bond donors (Lipinski definition) is 1. The van der Waals surface area contributed by atoms with E-state index in [9.17, 15) is 9.18 Å². The summed E-state index contributed by atoms with van der Waals surface area (Å²) in [5.41, 5.74) is 1.93. The number of rotatable bonds is 6. The van der Waals surface area contributed by atoms with Crippen molar-refractivity contribution >= 4 is 22.9 Å². The van der Waals surface area contributed by atoms with Crippen LogP contribution in [0.2, 0.25) is 0 Å². The first-order chi connectivity index (χ1) is 13.5. The second-order valence-corrected chi connectivity index (χ2v) is 8.11. The molecule has 0 fully saturated rings. The Morgan fingerprint density at radius 2 is 2.18 bits per heavy atom. The van der Waals surface area contributed by atoms with E-state index in [-0.39, 0.29) is 18.3 Å². The lowest BCUT2D eigenvalue weighted by molar-refractivity contribution is 0.0954. The third-order valence-corrected chi connectivity index (χ3v) is 5.43. The van der Waals surface area contributed by atoms with Crippen LogP contribution in [0.1, 0.15) is 29.1 Å². The molecule has 4 rings (SSSR count). The molecule has 0 bridgehead atoms. The Labute approximate surface area is 165 Å². The molecule has 0 spiro atoms. The Balaban J connectivity index is 1.44. The van der Waals surface area contributed by atoms with Crippen molar-refractivity contribution in [1.29, 1.82) is 0 Å². The molecule has 0 saturated carbocycles. The molecule has 4 heterocycles. The summed E-state index contributed by atoms with van der Waals surface area (Å²) in [5.74, 6) is -0.0984. The van der Waals surface area contributed by atoms with Crippen LogP contribution in [0.5, 0.6) is 0 Å². The van der Waals surface area contributed by atoms with Gasteiger partial charge in [0.2, 0.25) is 0 Å². The Morgan fingerprint density at radius 1 is 1.32 bits per heavy atom. The Morgan fingerprint density at radius 3 is 3.00 bits per heavy atom. The first kappa shape index (κ1) is 18.4. The number of halogens is 1. The number of carbonyl (C=O) groups excluding carboxylic acids is 1. The number of hydrogen-bond acceptors (Lipinski definition) is 4. The molecule has 0 saturated heterocycles. The Hall–Kier alpha value is -3.00. The minimum Gasteiger partial charge on any atom is -0.347 e. The maximum Gasteiger partial charge on any atom is 0.261 e. The summed E-state index contributed by atoms with van der Waals surface area (Å²) >= 11 is 1.40. The van der Waals surface area contributed by atoms with E-state index in [1.54, 1.807) is 29.1 Å². The number of fused-ring (bicyclic) bond motifs is 1. The van der Waals surface area contributed by atoms with Crippen LogP contribution < -0.4 is 5.32 Å². The highest BCUT2D eigenvalue weighted by Crippen LogP contribution is 2.28. The number of imidazole rings is 1. The van der Waals surface area contributed by atoms with E-state index < -0.39 is 0 Å². The maximum absolute atomic E-state index is 14.2. The molecule has 6 nitrogen and oxygen atoms in total. The fourth-order valence-corrected chi connectivity index (χ4v) is 3.85. The van der Waals surface area contributed by atoms with E-state index in [1.807, 2.05) is 23.1 Å². The lowest BCUT2D eigenvalue weighted by Gasteiger charge is -2.06. The first-order valence-corrected chi connectivity index (χ1v) is 9.83. The van der Waals surface area contributed by atoms with Gasteiger partial charge in [0.15, 0.2) is 0 Å². The number of carbonyl (C=O) groups is 1. The topological polar surface area (TPSA) is 64.2 Å². The van der Waals surface area contributed by atoms with Crippen molar-refractivity contribution in [3.63, 3.8) is 0 Å². The zero-order chi connectivity index (χ0) is 19.7. The van der Waals surface area contributed by atoms with Crippen molar-refractivity contribution in [2.75, 3.05) is 0 Å². The number of nitrogens with one attached hydrogen (secondary N) is 1. The largest absolute Gasteiger partial charge is 0.347 e. The third-order valence-electron chi connectivity index (χ3n) is 4.30. The van der Waals surface area contributed by atoms with Crippen molar-refractivity contribution < 1.29 is 9.18 Å². The highest BCUT2D eigenvalue weighted by atomic mass is 32.1. The van der Waals surface area contributed by atoms with Gasteiger partial charge in [0.25, 0.3) is 5.91 Å². The monoisotopic (exact) mass is 397 g/mol. The van der Waals surface area contributed by atoms with Crippen molar-refractivity contribution in [1.82, 2.24) is 24.5 Å². The normalized spacial score (nSPS) is 11.4. The predicted octanol–water partition coefficient (Wildman–Crippen LogP) is 3.98. The fraction of sp³-hybridized carbons (Fsp3) is 0.250. The van der Waals surface area contributed by atoms with Crippen LogP contribution in [-0.4, -0.2) is 25.1 Å². The number of thiophene rings is 1. The molecule has 1 N–H and O–H groups in total. The Kier molecular flexibility index (Phi) is 4.95. The SMILES string of the molecule is CC(C)Cn1cc(-c2ccc(C(=O)NCc3cn4ccnc4cc3F)s2)cn1. The number of pyridine rings is 1. The molecule has 0 aliphatic carbocycles. The van der Waals surface area contributed by atoms with E-state index in [0.29, 0.717) is 22.0 Å². The van der Waals surface area contributed by atoms with Crippen LogP contribution in [0.3, 0.4) is 0 Å². The number of amides is 1. The van der Waals surface area contributed by atoms with Gasteiger partial charge in [-0.25, -0.2) is 9.37 Å². The zero-order valence-corrected chi connectivity index (χ0v) is 16.4. The van der Waals surface area contributed by atoms with Crippen LogP contribution in [0, 0.1) is 11.7 Å². The first-order valence-electron chi connectivity index (χ1n) is 9.01. The second-order valence-electron chi connectivity index (χ2n) is 7.03. The van der Waals surface area contributed by atoms with Crippen molar-refractivity contribution in [2.45, 2.75) is 26.9 Å². The molecule has 0 aliphatic rings. The predicted molar refractivity (Wildman–Crippen MR) is 107 cm³/mol. The summed E-state index contributed by atoms with van der Waals surface area (Å²) < 4.78 is 17.8. The van der Waals surface area contributed by atoms with Gasteiger partial charge in [-0.05, 0) is 18.1 Å². The van der Waals surface area contributed by atoms with Gasteiger partial charge in [0.05, 0.1) is 11.1 Å². The van der Waals surface area contributed by atoms with Gasteiger partial charge in [0.1, 0.15) is 11.5 Å². The molecular formula is C20H20FN5OS. The van der Waals surface area contributed by atoms with Crippen LogP contribution in [0.4, 0.5) is 4.39 Å². The summed E-state index contributed by atoms with van der Waals surface area (Å²) in [7, 11) is 0. The van der Waals surface area contributed by atoms with E-state index >= 15 is 0 Å². The minimum absolute atomic E-state index is 0.109. The highest BCUT2D eigenvalue weighted by molar-refractivity contribution is 7.17. The van der Waals surface area contributed by atoms with Gasteiger partial charge in [-0.3, -0.25) is 9.48 Å². The van der Waals surface area contributed by atoms with Crippen molar-refractivity contribution in [2.24, 2.45) is 5.92 Å². The standard InChI is InChI=1S/C20H20FN5OS/c1-13(2)10-26-12-15(9-24-26)17-3-4-18(28-17)20(27)23-8-14-11-25-6-5-22-19(25)7-16(14)21/h3-7,9,11-13H,8,10H2,1-2H3,(H,23,27). The number of nitrogens with zero attached hydrogens (tertiary/aromatic N) is 4. The molecule has 0 unspecified atom stereocenters. The molecule has 1 amide bonds. The average molecular weight is 397 g/mol. The summed E-state index contributed by atoms with van der Waals surface area (Å²) in [6.45, 7) is 5.24. The fourth-order valence-electron chi connectivity index (χ4n) is 2.95. The molecular weight excluding hydrogens is 377 g/mol. The van der Waals surface area contributed by atoms with Crippen molar-refractivity contribution in [3.05, 3.63) is 65.4 Å². The van der Waals surface area contributed by atoms with Crippen LogP contribution >= 0.6 is 11.3 Å². The van der Waals surface area contributed by atoms with Crippen LogP contribution in [-0.2, 0) is 13.1 Å². The van der Waals surface area contributed by atoms with Crippen LogP contribution in [0.25, 0.3) is 16.1 Å². The minimum atomic E-state index is -0.386. The molecule has 4 aromatic rings. The highest BCUT2D eigenvalue weighted by Gasteiger charge is 2.13. The number of aromatic nitrogens is 4. The molecule has 8 heteroatoms. The van der Waals surface area contributed by atoms with Gasteiger partial charge in [-0.1, -0.05) is 13.8 Å². The van der Waals surface area contributed by atoms with Gasteiger partial charge in [-0.15, -0.1) is 11.3 Å². The van der Waals surface area contributed by atoms with E-state index in [4.69, 9.17) is 0 Å². The lowest BCUT2D eigenvalue weighted by Crippen LogP contribution is -2.22. The second kappa shape index (κ2) is 7.55. The van der Waals surface area contributed by atoms with Gasteiger partial charge < -0.3 is 9.72 Å². The third kappa shape index (κ3) is 3.82. The Bertz CT molecular complexity index is 1130. The summed E-state index contributed by atoms with van der Waals surface area (Å²) in [4.78, 5) is 18.1. The summed E-state index contributed by atoms with van der Waals surface area (Å²) in [5, 5.41) is 7.15. The molecule has 0 atom stereocenters. The smallest absolute Gasteiger partial charge is 0.261 e. The molecule has 4 aromatic heterocycles. The van der Waals surface area contributed by atoms with E-state index in [2.05, 4.69) is 29.2 Å². The van der Waals surface area contributed by atoms with E-state index in [0.717, 1.165) is 17.0 Å². The quantitative estimate of drug-likeness (QED) is 0.535. The molecule has 0 radical (unpaired) electrons. The molecule has 28 heavy (non-hydrogen) atoms. The van der Waals surface area contributed by atoms with Gasteiger partial charge in [-0.2, -0.15) is 5.10 Å². The summed E-state index contributed by atoms with van der Waals surface area (Å²) in [6, 6.07) is 5.05. The maximum atomic E-state index is 14.2. The zero-order valence-electron chi connectivity index (χ0n) is 15.6. The lowest BCUT2D eigenvalue weighted by atomic mass is 10.2. The van der Waals surface area contributed by atoms with E-state index in [1.165, 1.54) is 17.4 Å². The van der Waals surface area contributed by atoms with Crippen molar-refractivity contribution in [3.8, 4) is 10.4 Å². The summed E-state index contributed by atoms with van der Waals surface area (Å²) in [6.07, 6.45) is 8.79. The van der Waals surface area contributed by atoms with Gasteiger partial charge in [0, 0.05) is 59.9 Å². The molecule has 0 aromatic carbocycles. The molecule has 144 valence electrons.